The number of rotatable bonds is 8. The largest absolute Gasteiger partial charge is 0.380 e. The summed E-state index contributed by atoms with van der Waals surface area (Å²) < 4.78 is 19.2. The van der Waals surface area contributed by atoms with Crippen molar-refractivity contribution in [3.05, 3.63) is 34.1 Å². The summed E-state index contributed by atoms with van der Waals surface area (Å²) in [4.78, 5) is 0. The lowest BCUT2D eigenvalue weighted by molar-refractivity contribution is 0.125. The van der Waals surface area contributed by atoms with Crippen LogP contribution >= 0.6 is 15.9 Å². The molecule has 0 amide bonds. The minimum atomic E-state index is -0.220. The summed E-state index contributed by atoms with van der Waals surface area (Å²) >= 11 is 3.35. The van der Waals surface area contributed by atoms with Crippen molar-refractivity contribution in [1.82, 2.24) is 5.32 Å². The van der Waals surface area contributed by atoms with Crippen molar-refractivity contribution >= 4 is 15.9 Å². The molecular weight excluding hydrogens is 297 g/mol. The molecule has 0 bridgehead atoms. The van der Waals surface area contributed by atoms with Gasteiger partial charge in [-0.25, -0.2) is 4.39 Å². The van der Waals surface area contributed by atoms with Crippen LogP contribution in [0.3, 0.4) is 0 Å². The standard InChI is InChI=1S/C14H21BrFNO/c1-11(2)5-7-18-8-6-17-10-12-3-4-13(16)9-14(12)15/h3-4,9,11,17H,5-8,10H2,1-2H3. The number of hydrogen-bond donors (Lipinski definition) is 1. The summed E-state index contributed by atoms with van der Waals surface area (Å²) in [7, 11) is 0. The van der Waals surface area contributed by atoms with Crippen LogP contribution in [0.15, 0.2) is 22.7 Å². The molecular formula is C14H21BrFNO. The third kappa shape index (κ3) is 6.47. The van der Waals surface area contributed by atoms with Gasteiger partial charge in [0, 0.05) is 24.2 Å². The number of ether oxygens (including phenoxy) is 1. The molecule has 0 atom stereocenters. The predicted octanol–water partition coefficient (Wildman–Crippen LogP) is 3.74. The van der Waals surface area contributed by atoms with Crippen LogP contribution in [0.1, 0.15) is 25.8 Å². The summed E-state index contributed by atoms with van der Waals surface area (Å²) in [6, 6.07) is 4.74. The van der Waals surface area contributed by atoms with Crippen molar-refractivity contribution in [2.75, 3.05) is 19.8 Å². The molecule has 1 rings (SSSR count). The molecule has 0 aliphatic rings. The van der Waals surface area contributed by atoms with Crippen LogP contribution < -0.4 is 5.32 Å². The summed E-state index contributed by atoms with van der Waals surface area (Å²) in [5.74, 6) is 0.468. The van der Waals surface area contributed by atoms with Gasteiger partial charge < -0.3 is 10.1 Å². The molecule has 0 radical (unpaired) electrons. The molecule has 1 aromatic rings. The predicted molar refractivity (Wildman–Crippen MR) is 76.1 cm³/mol. The van der Waals surface area contributed by atoms with Crippen LogP contribution in [0.4, 0.5) is 4.39 Å². The SMILES string of the molecule is CC(C)CCOCCNCc1ccc(F)cc1Br. The third-order valence-electron chi connectivity index (χ3n) is 2.59. The van der Waals surface area contributed by atoms with Crippen molar-refractivity contribution in [3.63, 3.8) is 0 Å². The van der Waals surface area contributed by atoms with E-state index in [1.807, 2.05) is 0 Å². The van der Waals surface area contributed by atoms with Crippen LogP contribution in [0.5, 0.6) is 0 Å². The van der Waals surface area contributed by atoms with Gasteiger partial charge in [0.1, 0.15) is 5.82 Å². The summed E-state index contributed by atoms with van der Waals surface area (Å²) in [5, 5.41) is 3.27. The minimum Gasteiger partial charge on any atom is -0.380 e. The molecule has 0 heterocycles. The van der Waals surface area contributed by atoms with Gasteiger partial charge in [-0.05, 0) is 30.0 Å². The number of halogens is 2. The first-order chi connectivity index (χ1) is 8.59. The summed E-state index contributed by atoms with van der Waals surface area (Å²) in [6.45, 7) is 7.43. The van der Waals surface area contributed by atoms with Gasteiger partial charge in [-0.1, -0.05) is 35.8 Å². The Hall–Kier alpha value is -0.450. The van der Waals surface area contributed by atoms with E-state index in [9.17, 15) is 4.39 Å². The van der Waals surface area contributed by atoms with Gasteiger partial charge in [-0.15, -0.1) is 0 Å². The van der Waals surface area contributed by atoms with E-state index in [-0.39, 0.29) is 5.82 Å². The quantitative estimate of drug-likeness (QED) is 0.737. The molecule has 0 spiro atoms. The van der Waals surface area contributed by atoms with Crippen molar-refractivity contribution in [1.29, 1.82) is 0 Å². The number of hydrogen-bond acceptors (Lipinski definition) is 2. The van der Waals surface area contributed by atoms with Crippen LogP contribution in [-0.4, -0.2) is 19.8 Å². The second-order valence-corrected chi connectivity index (χ2v) is 5.56. The van der Waals surface area contributed by atoms with Gasteiger partial charge >= 0.3 is 0 Å². The van der Waals surface area contributed by atoms with Crippen LogP contribution in [-0.2, 0) is 11.3 Å². The first-order valence-corrected chi connectivity index (χ1v) is 7.11. The van der Waals surface area contributed by atoms with Gasteiger partial charge in [-0.3, -0.25) is 0 Å². The van der Waals surface area contributed by atoms with Crippen molar-refractivity contribution in [2.24, 2.45) is 5.92 Å². The van der Waals surface area contributed by atoms with Crippen LogP contribution in [0.25, 0.3) is 0 Å². The molecule has 0 fully saturated rings. The molecule has 1 aromatic carbocycles. The monoisotopic (exact) mass is 317 g/mol. The van der Waals surface area contributed by atoms with E-state index in [2.05, 4.69) is 35.1 Å². The van der Waals surface area contributed by atoms with E-state index in [0.717, 1.165) is 29.6 Å². The van der Waals surface area contributed by atoms with E-state index < -0.39 is 0 Å². The van der Waals surface area contributed by atoms with Crippen LogP contribution in [0.2, 0.25) is 0 Å². The average Bonchev–Trinajstić information content (AvgIpc) is 2.30. The highest BCUT2D eigenvalue weighted by Gasteiger charge is 2.00. The molecule has 0 saturated carbocycles. The van der Waals surface area contributed by atoms with E-state index >= 15 is 0 Å². The normalized spacial score (nSPS) is 11.2. The maximum Gasteiger partial charge on any atom is 0.124 e. The topological polar surface area (TPSA) is 21.3 Å². The average molecular weight is 318 g/mol. The molecule has 0 aromatic heterocycles. The van der Waals surface area contributed by atoms with E-state index in [4.69, 9.17) is 4.74 Å². The molecule has 102 valence electrons. The van der Waals surface area contributed by atoms with Crippen molar-refractivity contribution in [2.45, 2.75) is 26.8 Å². The Morgan fingerprint density at radius 3 is 2.78 bits per heavy atom. The lowest BCUT2D eigenvalue weighted by Crippen LogP contribution is -2.20. The molecule has 18 heavy (non-hydrogen) atoms. The molecule has 2 nitrogen and oxygen atoms in total. The van der Waals surface area contributed by atoms with Crippen LogP contribution in [0, 0.1) is 11.7 Å². The minimum absolute atomic E-state index is 0.220. The van der Waals surface area contributed by atoms with Gasteiger partial charge in [0.25, 0.3) is 0 Å². The molecule has 4 heteroatoms. The summed E-state index contributed by atoms with van der Waals surface area (Å²) in [6.07, 6.45) is 1.10. The smallest absolute Gasteiger partial charge is 0.124 e. The highest BCUT2D eigenvalue weighted by molar-refractivity contribution is 9.10. The maximum atomic E-state index is 12.9. The fourth-order valence-corrected chi connectivity index (χ4v) is 1.94. The van der Waals surface area contributed by atoms with E-state index in [1.54, 1.807) is 6.07 Å². The van der Waals surface area contributed by atoms with E-state index in [1.165, 1.54) is 12.1 Å². The summed E-state index contributed by atoms with van der Waals surface area (Å²) in [5.41, 5.74) is 1.05. The Kier molecular flexibility index (Phi) is 7.47. The Bertz CT molecular complexity index is 358. The number of nitrogens with one attached hydrogen (secondary N) is 1. The second-order valence-electron chi connectivity index (χ2n) is 4.71. The second kappa shape index (κ2) is 8.62. The lowest BCUT2D eigenvalue weighted by Gasteiger charge is -2.08. The van der Waals surface area contributed by atoms with Gasteiger partial charge in [0.2, 0.25) is 0 Å². The van der Waals surface area contributed by atoms with Gasteiger partial charge in [-0.2, -0.15) is 0 Å². The zero-order chi connectivity index (χ0) is 13.4. The zero-order valence-electron chi connectivity index (χ0n) is 11.0. The van der Waals surface area contributed by atoms with Gasteiger partial charge in [0.05, 0.1) is 6.61 Å². The maximum absolute atomic E-state index is 12.9. The van der Waals surface area contributed by atoms with Crippen molar-refractivity contribution in [3.8, 4) is 0 Å². The van der Waals surface area contributed by atoms with Gasteiger partial charge in [0.15, 0.2) is 0 Å². The Balaban J connectivity index is 2.11. The molecule has 0 unspecified atom stereocenters. The molecule has 0 aliphatic carbocycles. The Labute approximate surface area is 117 Å². The third-order valence-corrected chi connectivity index (χ3v) is 3.33. The highest BCUT2D eigenvalue weighted by atomic mass is 79.9. The Morgan fingerprint density at radius 1 is 1.33 bits per heavy atom. The molecule has 1 N–H and O–H groups in total. The number of benzene rings is 1. The zero-order valence-corrected chi connectivity index (χ0v) is 12.6. The fourth-order valence-electron chi connectivity index (χ4n) is 1.45. The first kappa shape index (κ1) is 15.6. The first-order valence-electron chi connectivity index (χ1n) is 6.32. The Morgan fingerprint density at radius 2 is 2.11 bits per heavy atom. The van der Waals surface area contributed by atoms with E-state index in [0.29, 0.717) is 19.1 Å². The fraction of sp³-hybridized carbons (Fsp3) is 0.571. The lowest BCUT2D eigenvalue weighted by atomic mass is 10.1. The molecule has 0 aliphatic heterocycles. The highest BCUT2D eigenvalue weighted by Crippen LogP contribution is 2.17. The van der Waals surface area contributed by atoms with Crippen molar-refractivity contribution < 1.29 is 9.13 Å². The molecule has 0 saturated heterocycles.